The molecule has 0 N–H and O–H groups in total. The normalized spacial score (nSPS) is 40.3. The summed E-state index contributed by atoms with van der Waals surface area (Å²) in [5, 5.41) is 0. The van der Waals surface area contributed by atoms with Gasteiger partial charge in [-0.15, -0.1) is 0 Å². The summed E-state index contributed by atoms with van der Waals surface area (Å²) in [6, 6.07) is 0. The number of methoxy groups -OCH3 is 2. The lowest BCUT2D eigenvalue weighted by Crippen LogP contribution is -2.40. The number of esters is 1. The van der Waals surface area contributed by atoms with E-state index in [1.807, 2.05) is 6.92 Å². The first kappa shape index (κ1) is 12.8. The second kappa shape index (κ2) is 4.58. The van der Waals surface area contributed by atoms with Gasteiger partial charge in [0.25, 0.3) is 0 Å². The van der Waals surface area contributed by atoms with E-state index >= 15 is 0 Å². The van der Waals surface area contributed by atoms with Crippen LogP contribution in [0, 0.1) is 11.3 Å². The number of carbonyl (C=O) groups is 1. The molecule has 2 aliphatic carbocycles. The van der Waals surface area contributed by atoms with Gasteiger partial charge >= 0.3 is 5.97 Å². The fourth-order valence-electron chi connectivity index (χ4n) is 3.18. The van der Waals surface area contributed by atoms with Crippen molar-refractivity contribution in [2.45, 2.75) is 44.8 Å². The van der Waals surface area contributed by atoms with Crippen molar-refractivity contribution in [3.63, 3.8) is 0 Å². The van der Waals surface area contributed by atoms with Crippen LogP contribution < -0.4 is 0 Å². The summed E-state index contributed by atoms with van der Waals surface area (Å²) >= 11 is 0. The predicted octanol–water partition coefficient (Wildman–Crippen LogP) is 2.12. The highest BCUT2D eigenvalue weighted by Gasteiger charge is 2.61. The molecule has 0 saturated heterocycles. The third kappa shape index (κ3) is 2.20. The Bertz CT molecular complexity index is 292. The summed E-state index contributed by atoms with van der Waals surface area (Å²) in [4.78, 5) is 11.5. The molecule has 0 radical (unpaired) electrons. The fourth-order valence-corrected chi connectivity index (χ4v) is 3.18. The maximum Gasteiger partial charge on any atom is 0.309 e. The topological polar surface area (TPSA) is 44.8 Å². The smallest absolute Gasteiger partial charge is 0.309 e. The number of hydrogen-bond acceptors (Lipinski definition) is 4. The average molecular weight is 242 g/mol. The Labute approximate surface area is 103 Å². The third-order valence-corrected chi connectivity index (χ3v) is 4.46. The van der Waals surface area contributed by atoms with Gasteiger partial charge in [0.15, 0.2) is 5.79 Å². The number of ether oxygens (including phenoxy) is 3. The highest BCUT2D eigenvalue weighted by atomic mass is 16.7. The SMILES string of the molecule is CCOC1(OC)CCC2(CC1)CC2C(=O)OC. The first-order valence-electron chi connectivity index (χ1n) is 6.38. The van der Waals surface area contributed by atoms with E-state index < -0.39 is 5.79 Å². The zero-order valence-corrected chi connectivity index (χ0v) is 11.0. The molecule has 98 valence electrons. The van der Waals surface area contributed by atoms with Crippen LogP contribution in [0.15, 0.2) is 0 Å². The molecule has 17 heavy (non-hydrogen) atoms. The molecule has 4 nitrogen and oxygen atoms in total. The first-order valence-corrected chi connectivity index (χ1v) is 6.38. The number of rotatable bonds is 4. The Hall–Kier alpha value is -0.610. The van der Waals surface area contributed by atoms with E-state index in [9.17, 15) is 4.79 Å². The molecule has 4 heteroatoms. The van der Waals surface area contributed by atoms with Gasteiger partial charge in [-0.1, -0.05) is 0 Å². The minimum atomic E-state index is -0.413. The number of carbonyl (C=O) groups excluding carboxylic acids is 1. The minimum Gasteiger partial charge on any atom is -0.469 e. The summed E-state index contributed by atoms with van der Waals surface area (Å²) in [7, 11) is 3.18. The molecule has 2 aliphatic rings. The maximum absolute atomic E-state index is 11.5. The van der Waals surface area contributed by atoms with Crippen LogP contribution in [-0.2, 0) is 19.0 Å². The Morgan fingerprint density at radius 2 is 1.88 bits per heavy atom. The highest BCUT2D eigenvalue weighted by molar-refractivity contribution is 5.76. The lowest BCUT2D eigenvalue weighted by molar-refractivity contribution is -0.242. The van der Waals surface area contributed by atoms with Crippen molar-refractivity contribution in [3.8, 4) is 0 Å². The lowest BCUT2D eigenvalue weighted by atomic mass is 9.81. The van der Waals surface area contributed by atoms with Gasteiger partial charge in [-0.3, -0.25) is 4.79 Å². The van der Waals surface area contributed by atoms with Crippen molar-refractivity contribution in [1.82, 2.24) is 0 Å². The zero-order chi connectivity index (χ0) is 12.5. The van der Waals surface area contributed by atoms with Gasteiger partial charge in [0.1, 0.15) is 0 Å². The van der Waals surface area contributed by atoms with Crippen LogP contribution in [0.2, 0.25) is 0 Å². The number of hydrogen-bond donors (Lipinski definition) is 0. The molecule has 2 fully saturated rings. The summed E-state index contributed by atoms with van der Waals surface area (Å²) in [6.07, 6.45) is 4.74. The molecular formula is C13H22O4. The minimum absolute atomic E-state index is 0.0497. The van der Waals surface area contributed by atoms with E-state index in [4.69, 9.17) is 14.2 Å². The molecule has 0 heterocycles. The van der Waals surface area contributed by atoms with Crippen LogP contribution in [-0.4, -0.2) is 32.6 Å². The molecule has 0 aromatic heterocycles. The molecule has 1 unspecified atom stereocenters. The van der Waals surface area contributed by atoms with Crippen LogP contribution in [0.25, 0.3) is 0 Å². The van der Waals surface area contributed by atoms with Crippen LogP contribution in [0.3, 0.4) is 0 Å². The van der Waals surface area contributed by atoms with E-state index in [0.717, 1.165) is 32.1 Å². The summed E-state index contributed by atoms with van der Waals surface area (Å²) in [6.45, 7) is 2.65. The third-order valence-electron chi connectivity index (χ3n) is 4.46. The van der Waals surface area contributed by atoms with Gasteiger partial charge < -0.3 is 14.2 Å². The second-order valence-corrected chi connectivity index (χ2v) is 5.19. The van der Waals surface area contributed by atoms with Gasteiger partial charge in [0.2, 0.25) is 0 Å². The largest absolute Gasteiger partial charge is 0.469 e. The van der Waals surface area contributed by atoms with E-state index in [0.29, 0.717) is 6.61 Å². The van der Waals surface area contributed by atoms with E-state index in [2.05, 4.69) is 0 Å². The Kier molecular flexibility index (Phi) is 3.46. The molecule has 1 atom stereocenters. The van der Waals surface area contributed by atoms with Gasteiger partial charge in [0, 0.05) is 26.6 Å². The molecule has 2 rings (SSSR count). The highest BCUT2D eigenvalue weighted by Crippen LogP contribution is 2.63. The molecular weight excluding hydrogens is 220 g/mol. The van der Waals surface area contributed by atoms with Gasteiger partial charge in [-0.05, 0) is 31.6 Å². The molecule has 0 bridgehead atoms. The zero-order valence-electron chi connectivity index (χ0n) is 11.0. The summed E-state index contributed by atoms with van der Waals surface area (Å²) in [5.74, 6) is -0.348. The van der Waals surface area contributed by atoms with Gasteiger partial charge in [-0.2, -0.15) is 0 Å². The fraction of sp³-hybridized carbons (Fsp3) is 0.923. The lowest BCUT2D eigenvalue weighted by Gasteiger charge is -2.39. The standard InChI is InChI=1S/C13H22O4/c1-4-17-13(16-3)7-5-12(6-8-13)9-10(12)11(14)15-2/h10H,4-9H2,1-3H3. The molecule has 0 aromatic carbocycles. The molecule has 2 saturated carbocycles. The van der Waals surface area contributed by atoms with Crippen molar-refractivity contribution in [1.29, 1.82) is 0 Å². The Morgan fingerprint density at radius 1 is 1.24 bits per heavy atom. The maximum atomic E-state index is 11.5. The van der Waals surface area contributed by atoms with Crippen molar-refractivity contribution >= 4 is 5.97 Å². The molecule has 1 spiro atoms. The quantitative estimate of drug-likeness (QED) is 0.559. The van der Waals surface area contributed by atoms with Crippen LogP contribution in [0.4, 0.5) is 0 Å². The van der Waals surface area contributed by atoms with Crippen LogP contribution >= 0.6 is 0 Å². The van der Waals surface area contributed by atoms with Crippen LogP contribution in [0.5, 0.6) is 0 Å². The molecule has 0 aromatic rings. The Balaban J connectivity index is 1.93. The average Bonchev–Trinajstić information content (AvgIpc) is 3.07. The molecule has 0 aliphatic heterocycles. The van der Waals surface area contributed by atoms with E-state index in [1.165, 1.54) is 7.11 Å². The van der Waals surface area contributed by atoms with Gasteiger partial charge in [-0.25, -0.2) is 0 Å². The summed E-state index contributed by atoms with van der Waals surface area (Å²) in [5.41, 5.74) is 0.187. The molecule has 0 amide bonds. The van der Waals surface area contributed by atoms with Crippen molar-refractivity contribution in [3.05, 3.63) is 0 Å². The Morgan fingerprint density at radius 3 is 2.35 bits per heavy atom. The van der Waals surface area contributed by atoms with Crippen molar-refractivity contribution < 1.29 is 19.0 Å². The second-order valence-electron chi connectivity index (χ2n) is 5.19. The van der Waals surface area contributed by atoms with Crippen molar-refractivity contribution in [2.24, 2.45) is 11.3 Å². The van der Waals surface area contributed by atoms with Gasteiger partial charge in [0.05, 0.1) is 13.0 Å². The van der Waals surface area contributed by atoms with Crippen molar-refractivity contribution in [2.75, 3.05) is 20.8 Å². The summed E-state index contributed by atoms with van der Waals surface area (Å²) < 4.78 is 16.1. The first-order chi connectivity index (χ1) is 8.11. The van der Waals surface area contributed by atoms with Crippen LogP contribution in [0.1, 0.15) is 39.0 Å². The van der Waals surface area contributed by atoms with E-state index in [1.54, 1.807) is 7.11 Å². The van der Waals surface area contributed by atoms with E-state index in [-0.39, 0.29) is 17.3 Å². The predicted molar refractivity (Wildman–Crippen MR) is 62.4 cm³/mol. The monoisotopic (exact) mass is 242 g/mol.